The summed E-state index contributed by atoms with van der Waals surface area (Å²) in [6.45, 7) is 0.705. The predicted octanol–water partition coefficient (Wildman–Crippen LogP) is 1.84. The molecular formula is C14H19N3. The molecule has 4 N–H and O–H groups in total. The molecule has 90 valence electrons. The van der Waals surface area contributed by atoms with Gasteiger partial charge in [0.2, 0.25) is 0 Å². The van der Waals surface area contributed by atoms with E-state index in [0.29, 0.717) is 6.54 Å². The zero-order valence-electron chi connectivity index (χ0n) is 9.97. The summed E-state index contributed by atoms with van der Waals surface area (Å²) < 4.78 is 0. The number of aromatic nitrogens is 1. The van der Waals surface area contributed by atoms with Gasteiger partial charge in [-0.15, -0.1) is 0 Å². The third kappa shape index (κ3) is 3.02. The van der Waals surface area contributed by atoms with E-state index in [-0.39, 0.29) is 6.04 Å². The zero-order valence-corrected chi connectivity index (χ0v) is 9.97. The molecule has 0 bridgehead atoms. The number of pyridine rings is 1. The number of nitrogens with zero attached hydrogens (tertiary/aromatic N) is 1. The first-order chi connectivity index (χ1) is 8.31. The summed E-state index contributed by atoms with van der Waals surface area (Å²) in [5.41, 5.74) is 12.7. The third-order valence-corrected chi connectivity index (χ3v) is 2.99. The summed E-state index contributed by atoms with van der Waals surface area (Å²) in [6.07, 6.45) is 4.61. The average Bonchev–Trinajstić information content (AvgIpc) is 2.37. The van der Waals surface area contributed by atoms with Crippen LogP contribution < -0.4 is 11.5 Å². The van der Waals surface area contributed by atoms with Crippen LogP contribution in [0.5, 0.6) is 0 Å². The highest BCUT2D eigenvalue weighted by Gasteiger charge is 2.07. The molecule has 1 aromatic carbocycles. The fourth-order valence-corrected chi connectivity index (χ4v) is 2.08. The van der Waals surface area contributed by atoms with Crippen molar-refractivity contribution in [2.24, 2.45) is 11.5 Å². The maximum Gasteiger partial charge on any atom is 0.0497 e. The van der Waals surface area contributed by atoms with Crippen LogP contribution in [0, 0.1) is 0 Å². The second-order valence-corrected chi connectivity index (χ2v) is 4.37. The number of fused-ring (bicyclic) bond motifs is 1. The van der Waals surface area contributed by atoms with E-state index in [9.17, 15) is 0 Å². The predicted molar refractivity (Wildman–Crippen MR) is 71.7 cm³/mol. The minimum Gasteiger partial charge on any atom is -0.330 e. The molecule has 1 atom stereocenters. The van der Waals surface area contributed by atoms with Crippen molar-refractivity contribution in [1.82, 2.24) is 4.98 Å². The minimum absolute atomic E-state index is 0.150. The standard InChI is InChI=1S/C14H19N3/c15-8-3-5-12(16)10-14-13-6-2-1-4-11(13)7-9-17-14/h1-2,4,6-7,9,12H,3,5,8,10,15-16H2. The Morgan fingerprint density at radius 1 is 1.18 bits per heavy atom. The van der Waals surface area contributed by atoms with Gasteiger partial charge in [-0.1, -0.05) is 24.3 Å². The van der Waals surface area contributed by atoms with E-state index in [2.05, 4.69) is 17.1 Å². The van der Waals surface area contributed by atoms with Crippen molar-refractivity contribution >= 4 is 10.8 Å². The number of hydrogen-bond acceptors (Lipinski definition) is 3. The van der Waals surface area contributed by atoms with Gasteiger partial charge in [0.1, 0.15) is 0 Å². The van der Waals surface area contributed by atoms with Crippen LogP contribution in [0.25, 0.3) is 10.8 Å². The molecule has 0 aliphatic heterocycles. The molecule has 0 aliphatic rings. The molecule has 3 nitrogen and oxygen atoms in total. The molecule has 0 saturated heterocycles. The average molecular weight is 229 g/mol. The van der Waals surface area contributed by atoms with E-state index in [1.165, 1.54) is 10.8 Å². The second-order valence-electron chi connectivity index (χ2n) is 4.37. The van der Waals surface area contributed by atoms with Crippen molar-refractivity contribution < 1.29 is 0 Å². The molecule has 2 aromatic rings. The first-order valence-electron chi connectivity index (χ1n) is 6.09. The van der Waals surface area contributed by atoms with Crippen LogP contribution in [0.1, 0.15) is 18.5 Å². The molecule has 17 heavy (non-hydrogen) atoms. The molecular weight excluding hydrogens is 210 g/mol. The second kappa shape index (κ2) is 5.75. The number of hydrogen-bond donors (Lipinski definition) is 2. The summed E-state index contributed by atoms with van der Waals surface area (Å²) in [5, 5.41) is 2.43. The van der Waals surface area contributed by atoms with Gasteiger partial charge in [-0.05, 0) is 30.8 Å². The van der Waals surface area contributed by atoms with Crippen molar-refractivity contribution in [1.29, 1.82) is 0 Å². The lowest BCUT2D eigenvalue weighted by Gasteiger charge is -2.12. The van der Waals surface area contributed by atoms with Gasteiger partial charge in [-0.2, -0.15) is 0 Å². The largest absolute Gasteiger partial charge is 0.330 e. The van der Waals surface area contributed by atoms with Crippen molar-refractivity contribution in [3.05, 3.63) is 42.2 Å². The van der Waals surface area contributed by atoms with Crippen molar-refractivity contribution in [2.75, 3.05) is 6.54 Å². The molecule has 0 amide bonds. The van der Waals surface area contributed by atoms with E-state index in [4.69, 9.17) is 11.5 Å². The van der Waals surface area contributed by atoms with E-state index >= 15 is 0 Å². The highest BCUT2D eigenvalue weighted by molar-refractivity contribution is 5.84. The van der Waals surface area contributed by atoms with Crippen LogP contribution in [0.2, 0.25) is 0 Å². The maximum atomic E-state index is 6.09. The van der Waals surface area contributed by atoms with E-state index < -0.39 is 0 Å². The molecule has 1 unspecified atom stereocenters. The summed E-state index contributed by atoms with van der Waals surface area (Å²) in [4.78, 5) is 4.44. The minimum atomic E-state index is 0.150. The quantitative estimate of drug-likeness (QED) is 0.822. The Kier molecular flexibility index (Phi) is 4.07. The van der Waals surface area contributed by atoms with Crippen LogP contribution in [-0.2, 0) is 6.42 Å². The lowest BCUT2D eigenvalue weighted by Crippen LogP contribution is -2.24. The van der Waals surface area contributed by atoms with Gasteiger partial charge < -0.3 is 11.5 Å². The molecule has 0 spiro atoms. The van der Waals surface area contributed by atoms with Gasteiger partial charge >= 0.3 is 0 Å². The fraction of sp³-hybridized carbons (Fsp3) is 0.357. The first-order valence-corrected chi connectivity index (χ1v) is 6.09. The van der Waals surface area contributed by atoms with Crippen molar-refractivity contribution in [3.63, 3.8) is 0 Å². The summed E-state index contributed by atoms with van der Waals surface area (Å²) in [7, 11) is 0. The topological polar surface area (TPSA) is 64.9 Å². The first kappa shape index (κ1) is 12.0. The molecule has 2 rings (SSSR count). The lowest BCUT2D eigenvalue weighted by atomic mass is 10.0. The Labute approximate surface area is 102 Å². The number of benzene rings is 1. The Balaban J connectivity index is 2.18. The van der Waals surface area contributed by atoms with Crippen molar-refractivity contribution in [2.45, 2.75) is 25.3 Å². The zero-order chi connectivity index (χ0) is 12.1. The molecule has 3 heteroatoms. The fourth-order valence-electron chi connectivity index (χ4n) is 2.08. The van der Waals surface area contributed by atoms with Crippen LogP contribution in [-0.4, -0.2) is 17.6 Å². The Hall–Kier alpha value is -1.45. The molecule has 1 heterocycles. The Morgan fingerprint density at radius 2 is 2.00 bits per heavy atom. The lowest BCUT2D eigenvalue weighted by molar-refractivity contribution is 0.581. The normalized spacial score (nSPS) is 12.8. The summed E-state index contributed by atoms with van der Waals surface area (Å²) in [6, 6.07) is 10.5. The molecule has 0 saturated carbocycles. The van der Waals surface area contributed by atoms with Crippen LogP contribution in [0.3, 0.4) is 0 Å². The van der Waals surface area contributed by atoms with Crippen LogP contribution in [0.15, 0.2) is 36.5 Å². The van der Waals surface area contributed by atoms with Gasteiger partial charge in [-0.3, -0.25) is 4.98 Å². The Bertz CT molecular complexity index is 476. The SMILES string of the molecule is NCCCC(N)Cc1nccc2ccccc12. The number of rotatable bonds is 5. The number of nitrogens with two attached hydrogens (primary N) is 2. The summed E-state index contributed by atoms with van der Waals surface area (Å²) in [5.74, 6) is 0. The molecule has 1 aromatic heterocycles. The Morgan fingerprint density at radius 3 is 2.82 bits per heavy atom. The van der Waals surface area contributed by atoms with Gasteiger partial charge in [-0.25, -0.2) is 0 Å². The third-order valence-electron chi connectivity index (χ3n) is 2.99. The highest BCUT2D eigenvalue weighted by Crippen LogP contribution is 2.17. The molecule has 0 radical (unpaired) electrons. The monoisotopic (exact) mass is 229 g/mol. The van der Waals surface area contributed by atoms with E-state index in [1.54, 1.807) is 0 Å². The molecule has 0 fully saturated rings. The smallest absolute Gasteiger partial charge is 0.0497 e. The van der Waals surface area contributed by atoms with Gasteiger partial charge in [0.05, 0.1) is 0 Å². The maximum absolute atomic E-state index is 6.09. The molecule has 0 aliphatic carbocycles. The highest BCUT2D eigenvalue weighted by atomic mass is 14.7. The van der Waals surface area contributed by atoms with Crippen molar-refractivity contribution in [3.8, 4) is 0 Å². The van der Waals surface area contributed by atoms with E-state index in [0.717, 1.165) is 25.0 Å². The summed E-state index contributed by atoms with van der Waals surface area (Å²) >= 11 is 0. The van der Waals surface area contributed by atoms with Crippen LogP contribution in [0.4, 0.5) is 0 Å². The van der Waals surface area contributed by atoms with E-state index in [1.807, 2.05) is 24.4 Å². The van der Waals surface area contributed by atoms with Gasteiger partial charge in [0, 0.05) is 29.7 Å². The van der Waals surface area contributed by atoms with Gasteiger partial charge in [0.25, 0.3) is 0 Å². The van der Waals surface area contributed by atoms with Gasteiger partial charge in [0.15, 0.2) is 0 Å². The van der Waals surface area contributed by atoms with Crippen LogP contribution >= 0.6 is 0 Å².